The van der Waals surface area contributed by atoms with Gasteiger partial charge in [0.05, 0.1) is 18.9 Å². The minimum Gasteiger partial charge on any atom is -0.494 e. The Kier molecular flexibility index (Phi) is 8.00. The van der Waals surface area contributed by atoms with Crippen LogP contribution in [0, 0.1) is 0 Å². The molecule has 1 unspecified atom stereocenters. The van der Waals surface area contributed by atoms with Crippen molar-refractivity contribution in [1.82, 2.24) is 4.98 Å². The number of rotatable bonds is 9. The molecular weight excluding hydrogens is 422 g/mol. The number of hydrogen-bond donors (Lipinski definition) is 0. The Morgan fingerprint density at radius 1 is 0.939 bits per heavy atom. The predicted octanol–water partition coefficient (Wildman–Crippen LogP) is 8.38. The monoisotopic (exact) mass is 469 g/mol. The molecule has 3 rings (SSSR count). The summed E-state index contributed by atoms with van der Waals surface area (Å²) in [5.74, 6) is 0.880. The molecule has 1 aromatic carbocycles. The van der Waals surface area contributed by atoms with E-state index in [1.54, 1.807) is 7.11 Å². The van der Waals surface area contributed by atoms with Gasteiger partial charge in [0.25, 0.3) is 0 Å². The topological polar surface area (TPSA) is 31.4 Å². The number of nitrogens with zero attached hydrogens (tertiary/aromatic N) is 1. The normalized spacial score (nSPS) is 18.0. The molecule has 0 fully saturated rings. The summed E-state index contributed by atoms with van der Waals surface area (Å²) in [5, 5.41) is 2.91. The summed E-state index contributed by atoms with van der Waals surface area (Å²) >= 11 is 0. The van der Waals surface area contributed by atoms with Crippen molar-refractivity contribution < 1.29 is 9.16 Å². The Balaban J connectivity index is 2.38. The van der Waals surface area contributed by atoms with Crippen LogP contribution in [0.25, 0.3) is 10.9 Å². The van der Waals surface area contributed by atoms with Crippen LogP contribution in [0.1, 0.15) is 118 Å². The van der Waals surface area contributed by atoms with Gasteiger partial charge in [0, 0.05) is 5.39 Å². The highest BCUT2D eigenvalue weighted by Gasteiger charge is 2.63. The van der Waals surface area contributed by atoms with Crippen molar-refractivity contribution in [3.05, 3.63) is 29.5 Å². The molecule has 1 aliphatic rings. The van der Waals surface area contributed by atoms with E-state index in [2.05, 4.69) is 73.6 Å². The van der Waals surface area contributed by atoms with Gasteiger partial charge in [-0.3, -0.25) is 0 Å². The largest absolute Gasteiger partial charge is 0.494 e. The summed E-state index contributed by atoms with van der Waals surface area (Å²) in [6, 6.07) is 6.45. The molecule has 1 aromatic heterocycles. The molecule has 184 valence electrons. The van der Waals surface area contributed by atoms with Crippen LogP contribution in [0.3, 0.4) is 0 Å². The molecular formula is C29H47NO2Si. The molecule has 1 aliphatic heterocycles. The second-order valence-electron chi connectivity index (χ2n) is 11.9. The smallest absolute Gasteiger partial charge is 0.237 e. The fraction of sp³-hybridized carbons (Fsp3) is 0.690. The van der Waals surface area contributed by atoms with Crippen molar-refractivity contribution in [2.45, 2.75) is 123 Å². The zero-order valence-electron chi connectivity index (χ0n) is 22.7. The maximum atomic E-state index is 7.40. The Labute approximate surface area is 203 Å². The summed E-state index contributed by atoms with van der Waals surface area (Å²) in [4.78, 5) is 5.37. The van der Waals surface area contributed by atoms with Crippen LogP contribution in [-0.4, -0.2) is 20.4 Å². The zero-order valence-corrected chi connectivity index (χ0v) is 23.7. The van der Waals surface area contributed by atoms with Gasteiger partial charge in [0.1, 0.15) is 11.3 Å². The van der Waals surface area contributed by atoms with Crippen molar-refractivity contribution in [2.75, 3.05) is 7.11 Å². The minimum atomic E-state index is -2.43. The van der Waals surface area contributed by atoms with Gasteiger partial charge in [-0.2, -0.15) is 0 Å². The van der Waals surface area contributed by atoms with Gasteiger partial charge in [-0.1, -0.05) is 99.6 Å². The number of aromatic nitrogens is 1. The molecule has 0 N–H and O–H groups in total. The lowest BCUT2D eigenvalue weighted by molar-refractivity contribution is 0.171. The van der Waals surface area contributed by atoms with Crippen LogP contribution in [0.2, 0.25) is 10.1 Å². The SMILES string of the molecule is CCCCCCc1c2c(nc3c(OC)cccc13)C(CCCC)O[Si]2(C(C)(C)C)C(C)(C)C. The molecule has 33 heavy (non-hydrogen) atoms. The Bertz CT molecular complexity index is 941. The summed E-state index contributed by atoms with van der Waals surface area (Å²) in [6.45, 7) is 19.0. The van der Waals surface area contributed by atoms with E-state index >= 15 is 0 Å². The molecule has 3 nitrogen and oxygen atoms in total. The van der Waals surface area contributed by atoms with Crippen LogP contribution >= 0.6 is 0 Å². The number of ether oxygens (including phenoxy) is 1. The summed E-state index contributed by atoms with van der Waals surface area (Å²) in [6.07, 6.45) is 9.63. The van der Waals surface area contributed by atoms with Crippen molar-refractivity contribution in [3.8, 4) is 5.75 Å². The molecule has 0 amide bonds. The number of fused-ring (bicyclic) bond motifs is 2. The third kappa shape index (κ3) is 4.62. The average molecular weight is 470 g/mol. The molecule has 2 aromatic rings. The van der Waals surface area contributed by atoms with Crippen molar-refractivity contribution in [1.29, 1.82) is 0 Å². The second kappa shape index (κ2) is 10.1. The van der Waals surface area contributed by atoms with E-state index in [-0.39, 0.29) is 16.2 Å². The molecule has 2 heterocycles. The quantitative estimate of drug-likeness (QED) is 0.273. The summed E-state index contributed by atoms with van der Waals surface area (Å²) < 4.78 is 13.2. The molecule has 0 saturated heterocycles. The number of hydrogen-bond acceptors (Lipinski definition) is 3. The summed E-state index contributed by atoms with van der Waals surface area (Å²) in [5.41, 5.74) is 3.74. The van der Waals surface area contributed by atoms with E-state index in [1.807, 2.05) is 0 Å². The van der Waals surface area contributed by atoms with Crippen molar-refractivity contribution in [2.24, 2.45) is 0 Å². The number of methoxy groups -OCH3 is 1. The van der Waals surface area contributed by atoms with Crippen LogP contribution in [-0.2, 0) is 10.8 Å². The van der Waals surface area contributed by atoms with Crippen molar-refractivity contribution >= 4 is 24.4 Å². The first-order chi connectivity index (χ1) is 15.5. The van der Waals surface area contributed by atoms with Crippen LogP contribution < -0.4 is 9.92 Å². The average Bonchev–Trinajstić information content (AvgIpc) is 3.09. The number of aryl methyl sites for hydroxylation is 1. The molecule has 4 heteroatoms. The first-order valence-electron chi connectivity index (χ1n) is 13.2. The number of pyridine rings is 1. The minimum absolute atomic E-state index is 0.0629. The fourth-order valence-electron chi connectivity index (χ4n) is 6.27. The molecule has 0 bridgehead atoms. The highest BCUT2D eigenvalue weighted by molar-refractivity contribution is 6.92. The molecule has 1 atom stereocenters. The van der Waals surface area contributed by atoms with Gasteiger partial charge in [-0.05, 0) is 46.2 Å². The van der Waals surface area contributed by atoms with Gasteiger partial charge < -0.3 is 9.16 Å². The van der Waals surface area contributed by atoms with Gasteiger partial charge in [0.2, 0.25) is 8.32 Å². The molecule has 0 aliphatic carbocycles. The zero-order chi connectivity index (χ0) is 24.4. The first-order valence-corrected chi connectivity index (χ1v) is 15.1. The first kappa shape index (κ1) is 26.2. The Hall–Kier alpha value is -1.39. The Morgan fingerprint density at radius 3 is 2.18 bits per heavy atom. The third-order valence-corrected chi connectivity index (χ3v) is 13.6. The van der Waals surface area contributed by atoms with E-state index in [9.17, 15) is 0 Å². The predicted molar refractivity (Wildman–Crippen MR) is 144 cm³/mol. The number of para-hydroxylation sites is 1. The van der Waals surface area contributed by atoms with Gasteiger partial charge >= 0.3 is 0 Å². The maximum Gasteiger partial charge on any atom is 0.237 e. The van der Waals surface area contributed by atoms with Crippen LogP contribution in [0.5, 0.6) is 5.75 Å². The third-order valence-electron chi connectivity index (χ3n) is 7.52. The molecule has 0 spiro atoms. The van der Waals surface area contributed by atoms with Gasteiger partial charge in [-0.15, -0.1) is 0 Å². The van der Waals surface area contributed by atoms with Gasteiger partial charge in [0.15, 0.2) is 0 Å². The molecule has 0 saturated carbocycles. The number of benzene rings is 1. The van der Waals surface area contributed by atoms with E-state index in [4.69, 9.17) is 14.1 Å². The summed E-state index contributed by atoms with van der Waals surface area (Å²) in [7, 11) is -0.667. The van der Waals surface area contributed by atoms with Crippen LogP contribution in [0.15, 0.2) is 18.2 Å². The second-order valence-corrected chi connectivity index (χ2v) is 17.0. The highest BCUT2D eigenvalue weighted by Crippen LogP contribution is 2.57. The van der Waals surface area contributed by atoms with E-state index < -0.39 is 8.32 Å². The van der Waals surface area contributed by atoms with Crippen LogP contribution in [0.4, 0.5) is 0 Å². The van der Waals surface area contributed by atoms with E-state index in [0.717, 1.165) is 24.1 Å². The van der Waals surface area contributed by atoms with E-state index in [1.165, 1.54) is 60.4 Å². The van der Waals surface area contributed by atoms with E-state index in [0.29, 0.717) is 0 Å². The number of unbranched alkanes of at least 4 members (excludes halogenated alkanes) is 4. The fourth-order valence-corrected chi connectivity index (χ4v) is 12.8. The standard InChI is InChI=1S/C29H47NO2Si/c1-10-12-14-15-17-22-21-18-16-20-23(31-9)25(21)30-26-24(19-13-11-2)32-33(27(22)26,28(3,4)5)29(6,7)8/h16,18,20,24H,10-15,17,19H2,1-9H3. The lowest BCUT2D eigenvalue weighted by atomic mass is 9.98. The molecule has 0 radical (unpaired) electrons. The highest BCUT2D eigenvalue weighted by atomic mass is 28.4. The van der Waals surface area contributed by atoms with Crippen molar-refractivity contribution in [3.63, 3.8) is 0 Å². The lowest BCUT2D eigenvalue weighted by Crippen LogP contribution is -2.62. The Morgan fingerprint density at radius 2 is 1.61 bits per heavy atom. The maximum absolute atomic E-state index is 7.40. The van der Waals surface area contributed by atoms with Gasteiger partial charge in [-0.25, -0.2) is 4.98 Å². The lowest BCUT2D eigenvalue weighted by Gasteiger charge is -2.49.